The molecule has 0 aliphatic carbocycles. The van der Waals surface area contributed by atoms with E-state index in [1.54, 1.807) is 0 Å². The lowest BCUT2D eigenvalue weighted by Crippen LogP contribution is -2.52. The molecule has 1 saturated heterocycles. The second kappa shape index (κ2) is 8.52. The number of hydrogen-bond acceptors (Lipinski definition) is 3. The molecule has 1 heterocycles. The van der Waals surface area contributed by atoms with E-state index in [1.807, 2.05) is 54.3 Å². The summed E-state index contributed by atoms with van der Waals surface area (Å²) in [6, 6.07) is 17.7. The van der Waals surface area contributed by atoms with Crippen molar-refractivity contribution in [2.45, 2.75) is 13.3 Å². The molecule has 3 rings (SSSR count). The first kappa shape index (κ1) is 18.0. The average molecular weight is 351 g/mol. The van der Waals surface area contributed by atoms with E-state index in [2.05, 4.69) is 22.3 Å². The maximum Gasteiger partial charge on any atom is 0.317 e. The minimum absolute atomic E-state index is 0.0548. The predicted octanol–water partition coefficient (Wildman–Crippen LogP) is 3.10. The zero-order valence-corrected chi connectivity index (χ0v) is 15.1. The van der Waals surface area contributed by atoms with Crippen LogP contribution in [0.3, 0.4) is 0 Å². The van der Waals surface area contributed by atoms with Gasteiger partial charge in [-0.3, -0.25) is 4.79 Å². The van der Waals surface area contributed by atoms with Crippen LogP contribution in [0.25, 0.3) is 0 Å². The molecular formula is C21H25N3O2. The number of nitrogens with zero attached hydrogens (tertiary/aromatic N) is 2. The average Bonchev–Trinajstić information content (AvgIpc) is 2.69. The Bertz CT molecular complexity index is 736. The lowest BCUT2D eigenvalue weighted by atomic mass is 10.1. The third-order valence-electron chi connectivity index (χ3n) is 4.69. The standard InChI is InChI=1S/C21H25N3O2/c1-17-7-9-18(10-8-17)20(25)11-12-22-21(26)24-15-13-23(14-16-24)19-5-3-2-4-6-19/h2-10H,11-16H2,1H3,(H,22,26). The molecule has 2 amide bonds. The molecule has 1 fully saturated rings. The Morgan fingerprint density at radius 1 is 0.923 bits per heavy atom. The number of hydrogen-bond donors (Lipinski definition) is 1. The number of urea groups is 1. The minimum Gasteiger partial charge on any atom is -0.368 e. The summed E-state index contributed by atoms with van der Waals surface area (Å²) in [4.78, 5) is 28.5. The first-order chi connectivity index (χ1) is 12.6. The van der Waals surface area contributed by atoms with Gasteiger partial charge >= 0.3 is 6.03 Å². The maximum atomic E-state index is 12.3. The zero-order chi connectivity index (χ0) is 18.4. The molecule has 26 heavy (non-hydrogen) atoms. The molecule has 0 bridgehead atoms. The Balaban J connectivity index is 1.40. The molecule has 1 aliphatic heterocycles. The van der Waals surface area contributed by atoms with Crippen LogP contribution < -0.4 is 10.2 Å². The monoisotopic (exact) mass is 351 g/mol. The number of amides is 2. The van der Waals surface area contributed by atoms with Crippen molar-refractivity contribution in [1.29, 1.82) is 0 Å². The number of piperazine rings is 1. The Morgan fingerprint density at radius 2 is 1.58 bits per heavy atom. The van der Waals surface area contributed by atoms with Gasteiger partial charge in [-0.15, -0.1) is 0 Å². The fourth-order valence-corrected chi connectivity index (χ4v) is 3.09. The molecule has 1 aliphatic rings. The normalized spacial score (nSPS) is 14.2. The van der Waals surface area contributed by atoms with E-state index in [0.29, 0.717) is 31.6 Å². The van der Waals surface area contributed by atoms with E-state index in [-0.39, 0.29) is 11.8 Å². The van der Waals surface area contributed by atoms with Crippen LogP contribution in [0, 0.1) is 6.92 Å². The summed E-state index contributed by atoms with van der Waals surface area (Å²) in [5.41, 5.74) is 3.02. The van der Waals surface area contributed by atoms with Crippen molar-refractivity contribution in [2.24, 2.45) is 0 Å². The van der Waals surface area contributed by atoms with E-state index >= 15 is 0 Å². The number of Topliss-reactive ketones (excluding diaryl/α,β-unsaturated/α-hetero) is 1. The second-order valence-corrected chi connectivity index (χ2v) is 6.58. The first-order valence-electron chi connectivity index (χ1n) is 9.06. The van der Waals surface area contributed by atoms with Gasteiger partial charge in [0, 0.05) is 50.4 Å². The Hall–Kier alpha value is -2.82. The van der Waals surface area contributed by atoms with Gasteiger partial charge in [0.05, 0.1) is 0 Å². The van der Waals surface area contributed by atoms with Crippen molar-refractivity contribution in [1.82, 2.24) is 10.2 Å². The van der Waals surface area contributed by atoms with Crippen molar-refractivity contribution < 1.29 is 9.59 Å². The zero-order valence-electron chi connectivity index (χ0n) is 15.1. The molecule has 0 unspecified atom stereocenters. The van der Waals surface area contributed by atoms with Gasteiger partial charge < -0.3 is 15.1 Å². The van der Waals surface area contributed by atoms with Gasteiger partial charge in [0.25, 0.3) is 0 Å². The van der Waals surface area contributed by atoms with Crippen LogP contribution in [0.15, 0.2) is 54.6 Å². The fourth-order valence-electron chi connectivity index (χ4n) is 3.09. The highest BCUT2D eigenvalue weighted by atomic mass is 16.2. The van der Waals surface area contributed by atoms with Gasteiger partial charge in [0.15, 0.2) is 5.78 Å². The van der Waals surface area contributed by atoms with Gasteiger partial charge in [-0.2, -0.15) is 0 Å². The third kappa shape index (κ3) is 4.63. The second-order valence-electron chi connectivity index (χ2n) is 6.58. The SMILES string of the molecule is Cc1ccc(C(=O)CCNC(=O)N2CCN(c3ccccc3)CC2)cc1. The number of anilines is 1. The molecule has 0 saturated carbocycles. The first-order valence-corrected chi connectivity index (χ1v) is 9.06. The van der Waals surface area contributed by atoms with E-state index in [4.69, 9.17) is 0 Å². The van der Waals surface area contributed by atoms with Crippen LogP contribution in [0.1, 0.15) is 22.3 Å². The number of rotatable bonds is 5. The van der Waals surface area contributed by atoms with Gasteiger partial charge in [-0.25, -0.2) is 4.79 Å². The number of nitrogens with one attached hydrogen (secondary N) is 1. The molecule has 2 aromatic rings. The summed E-state index contributed by atoms with van der Waals surface area (Å²) in [6.07, 6.45) is 0.318. The lowest BCUT2D eigenvalue weighted by molar-refractivity contribution is 0.0983. The summed E-state index contributed by atoms with van der Waals surface area (Å²) in [6.45, 7) is 5.37. The van der Waals surface area contributed by atoms with Gasteiger partial charge in [0.2, 0.25) is 0 Å². The molecule has 1 N–H and O–H groups in total. The summed E-state index contributed by atoms with van der Waals surface area (Å²) in [5.74, 6) is 0.0548. The quantitative estimate of drug-likeness (QED) is 0.842. The van der Waals surface area contributed by atoms with Crippen molar-refractivity contribution in [2.75, 3.05) is 37.6 Å². The highest BCUT2D eigenvalue weighted by Gasteiger charge is 2.21. The molecule has 5 heteroatoms. The maximum absolute atomic E-state index is 12.3. The van der Waals surface area contributed by atoms with Crippen LogP contribution in [-0.2, 0) is 0 Å². The Labute approximate surface area is 154 Å². The summed E-state index contributed by atoms with van der Waals surface area (Å²) < 4.78 is 0. The smallest absolute Gasteiger partial charge is 0.317 e. The Kier molecular flexibility index (Phi) is 5.89. The van der Waals surface area contributed by atoms with Crippen LogP contribution in [0.5, 0.6) is 0 Å². The summed E-state index contributed by atoms with van der Waals surface area (Å²) >= 11 is 0. The van der Waals surface area contributed by atoms with Crippen molar-refractivity contribution in [3.63, 3.8) is 0 Å². The number of carbonyl (C=O) groups is 2. The largest absolute Gasteiger partial charge is 0.368 e. The van der Waals surface area contributed by atoms with E-state index in [1.165, 1.54) is 5.69 Å². The van der Waals surface area contributed by atoms with Crippen molar-refractivity contribution >= 4 is 17.5 Å². The van der Waals surface area contributed by atoms with Crippen LogP contribution in [-0.4, -0.2) is 49.4 Å². The number of ketones is 1. The summed E-state index contributed by atoms with van der Waals surface area (Å²) in [7, 11) is 0. The molecule has 0 atom stereocenters. The lowest BCUT2D eigenvalue weighted by Gasteiger charge is -2.36. The van der Waals surface area contributed by atoms with Crippen LogP contribution in [0.2, 0.25) is 0 Å². The van der Waals surface area contributed by atoms with Crippen LogP contribution in [0.4, 0.5) is 10.5 Å². The number of aryl methyl sites for hydroxylation is 1. The number of carbonyl (C=O) groups excluding carboxylic acids is 2. The molecule has 0 radical (unpaired) electrons. The van der Waals surface area contributed by atoms with Crippen LogP contribution >= 0.6 is 0 Å². The topological polar surface area (TPSA) is 52.7 Å². The van der Waals surface area contributed by atoms with Crippen molar-refractivity contribution in [3.8, 4) is 0 Å². The van der Waals surface area contributed by atoms with Gasteiger partial charge in [0.1, 0.15) is 0 Å². The fraction of sp³-hybridized carbons (Fsp3) is 0.333. The Morgan fingerprint density at radius 3 is 2.23 bits per heavy atom. The number of benzene rings is 2. The predicted molar refractivity (Wildman–Crippen MR) is 104 cm³/mol. The molecule has 136 valence electrons. The van der Waals surface area contributed by atoms with E-state index in [0.717, 1.165) is 18.7 Å². The highest BCUT2D eigenvalue weighted by molar-refractivity contribution is 5.96. The molecule has 0 aromatic heterocycles. The summed E-state index contributed by atoms with van der Waals surface area (Å²) in [5, 5.41) is 2.87. The van der Waals surface area contributed by atoms with E-state index in [9.17, 15) is 9.59 Å². The molecule has 0 spiro atoms. The van der Waals surface area contributed by atoms with Crippen molar-refractivity contribution in [3.05, 3.63) is 65.7 Å². The van der Waals surface area contributed by atoms with E-state index < -0.39 is 0 Å². The molecule has 2 aromatic carbocycles. The number of para-hydroxylation sites is 1. The third-order valence-corrected chi connectivity index (χ3v) is 4.69. The van der Waals surface area contributed by atoms with Gasteiger partial charge in [-0.05, 0) is 19.1 Å². The van der Waals surface area contributed by atoms with Gasteiger partial charge in [-0.1, -0.05) is 48.0 Å². The highest BCUT2D eigenvalue weighted by Crippen LogP contribution is 2.15. The minimum atomic E-state index is -0.0885. The molecular weight excluding hydrogens is 326 g/mol. The molecule has 5 nitrogen and oxygen atoms in total.